The van der Waals surface area contributed by atoms with Gasteiger partial charge >= 0.3 is 23.9 Å². The van der Waals surface area contributed by atoms with E-state index in [2.05, 4.69) is 13.8 Å². The molecule has 0 saturated carbocycles. The number of esters is 4. The Morgan fingerprint density at radius 2 is 0.613 bits per heavy atom. The topological polar surface area (TPSA) is 124 Å². The number of unbranched alkanes of at least 4 members (excludes halogenated alkanes) is 14. The summed E-state index contributed by atoms with van der Waals surface area (Å²) < 4.78 is 33.8. The molecule has 0 saturated heterocycles. The number of carbonyl (C=O) groups excluding carboxylic acids is 4. The molecule has 0 aliphatic rings. The molecule has 62 heavy (non-hydrogen) atoms. The number of benzene rings is 4. The summed E-state index contributed by atoms with van der Waals surface area (Å²) >= 11 is 0. The van der Waals surface area contributed by atoms with Gasteiger partial charge in [-0.3, -0.25) is 0 Å². The smallest absolute Gasteiger partial charge is 0.343 e. The molecule has 0 aromatic heterocycles. The quantitative estimate of drug-likeness (QED) is 0.0296. The Hall–Kier alpha value is -5.64. The van der Waals surface area contributed by atoms with Crippen molar-refractivity contribution in [1.82, 2.24) is 0 Å². The first-order valence-electron chi connectivity index (χ1n) is 22.7. The van der Waals surface area contributed by atoms with Gasteiger partial charge in [-0.15, -0.1) is 0 Å². The molecule has 4 aromatic rings. The van der Waals surface area contributed by atoms with Crippen LogP contribution in [0.5, 0.6) is 23.0 Å². The Morgan fingerprint density at radius 1 is 0.355 bits per heavy atom. The lowest BCUT2D eigenvalue weighted by molar-refractivity contribution is -0.0239. The summed E-state index contributed by atoms with van der Waals surface area (Å²) in [6.07, 6.45) is 18.1. The van der Waals surface area contributed by atoms with E-state index in [0.717, 1.165) is 25.7 Å². The minimum atomic E-state index is -0.779. The van der Waals surface area contributed by atoms with Crippen molar-refractivity contribution >= 4 is 23.9 Å². The van der Waals surface area contributed by atoms with Gasteiger partial charge in [-0.05, 0) is 124 Å². The molecular formula is C52H66O10. The number of hydrogen-bond donors (Lipinski definition) is 0. The van der Waals surface area contributed by atoms with Crippen LogP contribution in [0.4, 0.5) is 0 Å². The Kier molecular flexibility index (Phi) is 22.2. The van der Waals surface area contributed by atoms with Crippen LogP contribution in [0, 0.1) is 0 Å². The molecule has 10 heteroatoms. The fourth-order valence-electron chi connectivity index (χ4n) is 6.54. The van der Waals surface area contributed by atoms with Gasteiger partial charge in [-0.1, -0.05) is 104 Å². The fourth-order valence-corrected chi connectivity index (χ4v) is 6.54. The summed E-state index contributed by atoms with van der Waals surface area (Å²) in [5, 5.41) is 0. The van der Waals surface area contributed by atoms with Crippen LogP contribution in [-0.4, -0.2) is 49.3 Å². The highest BCUT2D eigenvalue weighted by atomic mass is 16.6. The number of rotatable bonds is 29. The average Bonchev–Trinajstić information content (AvgIpc) is 3.28. The molecule has 10 nitrogen and oxygen atoms in total. The highest BCUT2D eigenvalue weighted by Gasteiger charge is 2.23. The van der Waals surface area contributed by atoms with Crippen molar-refractivity contribution in [2.75, 3.05) is 13.2 Å². The van der Waals surface area contributed by atoms with E-state index in [1.165, 1.54) is 126 Å². The first-order valence-corrected chi connectivity index (χ1v) is 22.7. The molecule has 0 heterocycles. The van der Waals surface area contributed by atoms with Crippen LogP contribution in [0.15, 0.2) is 97.1 Å². The molecule has 0 radical (unpaired) electrons. The van der Waals surface area contributed by atoms with E-state index < -0.39 is 36.1 Å². The minimum Gasteiger partial charge on any atom is -0.494 e. The third-order valence-electron chi connectivity index (χ3n) is 10.6. The molecule has 4 rings (SSSR count). The maximum atomic E-state index is 12.9. The van der Waals surface area contributed by atoms with Gasteiger partial charge in [0.2, 0.25) is 0 Å². The van der Waals surface area contributed by atoms with E-state index in [9.17, 15) is 19.2 Å². The highest BCUT2D eigenvalue weighted by Crippen LogP contribution is 2.21. The van der Waals surface area contributed by atoms with Gasteiger partial charge in [0.15, 0.2) is 0 Å². The van der Waals surface area contributed by atoms with Crippen LogP contribution in [0.1, 0.15) is 172 Å². The third-order valence-corrected chi connectivity index (χ3v) is 10.6. The van der Waals surface area contributed by atoms with Crippen LogP contribution < -0.4 is 18.9 Å². The second kappa shape index (κ2) is 28.1. The van der Waals surface area contributed by atoms with Crippen LogP contribution in [0.25, 0.3) is 0 Å². The molecule has 0 spiro atoms. The van der Waals surface area contributed by atoms with Crippen molar-refractivity contribution in [3.05, 3.63) is 119 Å². The van der Waals surface area contributed by atoms with Crippen LogP contribution in [0.3, 0.4) is 0 Å². The number of hydrogen-bond acceptors (Lipinski definition) is 10. The number of ether oxygens (including phenoxy) is 6. The predicted molar refractivity (Wildman–Crippen MR) is 242 cm³/mol. The summed E-state index contributed by atoms with van der Waals surface area (Å²) in [6.45, 7) is 8.97. The standard InChI is InChI=1S/C52H66O10/c1-5-7-9-11-13-15-17-19-37-57-45-29-21-43(22-30-45)51(55)61-47-33-25-41(26-34-47)49(53)59-39(3)40(4)60-50(54)42-27-35-48(36-28-42)62-52(56)44-23-31-46(32-24-44)58-38-20-18-16-14-12-10-8-6-2/h21-36,39-40H,5-20,37-38H2,1-4H3. The summed E-state index contributed by atoms with van der Waals surface area (Å²) in [5.41, 5.74) is 1.21. The van der Waals surface area contributed by atoms with E-state index in [1.54, 1.807) is 62.4 Å². The lowest BCUT2D eigenvalue weighted by Gasteiger charge is -2.21. The maximum absolute atomic E-state index is 12.9. The molecule has 4 aromatic carbocycles. The molecule has 2 atom stereocenters. The second-order valence-corrected chi connectivity index (χ2v) is 15.7. The van der Waals surface area contributed by atoms with E-state index in [-0.39, 0.29) is 22.6 Å². The van der Waals surface area contributed by atoms with Crippen molar-refractivity contribution in [3.8, 4) is 23.0 Å². The average molecular weight is 851 g/mol. The monoisotopic (exact) mass is 850 g/mol. The van der Waals surface area contributed by atoms with Crippen LogP contribution >= 0.6 is 0 Å². The van der Waals surface area contributed by atoms with Gasteiger partial charge in [0, 0.05) is 0 Å². The zero-order valence-electron chi connectivity index (χ0n) is 37.2. The first kappa shape index (κ1) is 49.0. The zero-order chi connectivity index (χ0) is 44.4. The van der Waals surface area contributed by atoms with Crippen molar-refractivity contribution in [2.24, 2.45) is 0 Å². The predicted octanol–water partition coefficient (Wildman–Crippen LogP) is 13.0. The van der Waals surface area contributed by atoms with E-state index >= 15 is 0 Å². The molecule has 2 unspecified atom stereocenters. The summed E-state index contributed by atoms with van der Waals surface area (Å²) in [7, 11) is 0. The molecule has 0 amide bonds. The Labute approximate surface area is 368 Å². The van der Waals surface area contributed by atoms with Gasteiger partial charge < -0.3 is 28.4 Å². The first-order chi connectivity index (χ1) is 30.2. The Morgan fingerprint density at radius 3 is 0.919 bits per heavy atom. The van der Waals surface area contributed by atoms with Crippen molar-refractivity contribution < 1.29 is 47.6 Å². The highest BCUT2D eigenvalue weighted by molar-refractivity contribution is 5.93. The largest absolute Gasteiger partial charge is 0.494 e. The zero-order valence-corrected chi connectivity index (χ0v) is 37.2. The molecule has 334 valence electrons. The van der Waals surface area contributed by atoms with Gasteiger partial charge in [0.1, 0.15) is 35.2 Å². The second-order valence-electron chi connectivity index (χ2n) is 15.7. The summed E-state index contributed by atoms with van der Waals surface area (Å²) in [6, 6.07) is 25.7. The molecule has 0 N–H and O–H groups in total. The fraction of sp³-hybridized carbons (Fsp3) is 0.462. The normalized spacial score (nSPS) is 11.9. The Balaban J connectivity index is 1.12. The van der Waals surface area contributed by atoms with Gasteiger partial charge in [-0.2, -0.15) is 0 Å². The Bertz CT molecular complexity index is 1760. The van der Waals surface area contributed by atoms with E-state index in [1.807, 2.05) is 0 Å². The van der Waals surface area contributed by atoms with Crippen molar-refractivity contribution in [1.29, 1.82) is 0 Å². The van der Waals surface area contributed by atoms with Crippen LogP contribution in [0.2, 0.25) is 0 Å². The van der Waals surface area contributed by atoms with E-state index in [0.29, 0.717) is 35.8 Å². The molecule has 0 aliphatic heterocycles. The van der Waals surface area contributed by atoms with Crippen LogP contribution in [-0.2, 0) is 9.47 Å². The molecular weight excluding hydrogens is 785 g/mol. The van der Waals surface area contributed by atoms with Gasteiger partial charge in [-0.25, -0.2) is 19.2 Å². The molecule has 0 fully saturated rings. The van der Waals surface area contributed by atoms with Crippen molar-refractivity contribution in [3.63, 3.8) is 0 Å². The maximum Gasteiger partial charge on any atom is 0.343 e. The summed E-state index contributed by atoms with van der Waals surface area (Å²) in [5.74, 6) is -0.403. The lowest BCUT2D eigenvalue weighted by Crippen LogP contribution is -2.30. The number of carbonyl (C=O) groups is 4. The lowest BCUT2D eigenvalue weighted by atomic mass is 10.1. The molecule has 0 bridgehead atoms. The van der Waals surface area contributed by atoms with Gasteiger partial charge in [0.25, 0.3) is 0 Å². The molecule has 0 aliphatic carbocycles. The third kappa shape index (κ3) is 18.1. The minimum absolute atomic E-state index is 0.233. The SMILES string of the molecule is CCCCCCCCCCOc1ccc(C(=O)Oc2ccc(C(=O)OC(C)C(C)OC(=O)c3ccc(OC(=O)c4ccc(OCCCCCCCCCC)cc4)cc3)cc2)cc1. The van der Waals surface area contributed by atoms with Crippen molar-refractivity contribution in [2.45, 2.75) is 143 Å². The van der Waals surface area contributed by atoms with Gasteiger partial charge in [0.05, 0.1) is 35.5 Å². The summed E-state index contributed by atoms with van der Waals surface area (Å²) in [4.78, 5) is 51.3. The van der Waals surface area contributed by atoms with E-state index in [4.69, 9.17) is 28.4 Å².